The molecule has 1 heterocycles. The average Bonchev–Trinajstić information content (AvgIpc) is 2.31. The molecule has 13 heavy (non-hydrogen) atoms. The zero-order valence-corrected chi connectivity index (χ0v) is 10.6. The summed E-state index contributed by atoms with van der Waals surface area (Å²) in [7, 11) is -1.07. The summed E-state index contributed by atoms with van der Waals surface area (Å²) < 4.78 is 0. The van der Waals surface area contributed by atoms with Gasteiger partial charge in [-0.3, -0.25) is 9.69 Å². The van der Waals surface area contributed by atoms with Crippen molar-refractivity contribution in [1.29, 1.82) is 0 Å². The van der Waals surface area contributed by atoms with Gasteiger partial charge in [0.15, 0.2) is 0 Å². The van der Waals surface area contributed by atoms with Crippen molar-refractivity contribution in [3.05, 3.63) is 0 Å². The number of rotatable bonds is 3. The first-order chi connectivity index (χ1) is 5.90. The quantitative estimate of drug-likeness (QED) is 0.574. The highest BCUT2D eigenvalue weighted by molar-refractivity contribution is 7.96. The summed E-state index contributed by atoms with van der Waals surface area (Å²) >= 11 is 3.94. The van der Waals surface area contributed by atoms with Crippen LogP contribution in [0.5, 0.6) is 0 Å². The first-order valence-electron chi connectivity index (χ1n) is 4.87. The molecule has 1 aliphatic heterocycles. The lowest BCUT2D eigenvalue weighted by Gasteiger charge is -2.28. The summed E-state index contributed by atoms with van der Waals surface area (Å²) in [4.78, 5) is 13.5. The molecule has 0 radical (unpaired) electrons. The van der Waals surface area contributed by atoms with E-state index < -0.39 is 8.07 Å². The standard InChI is InChI=1S/C9H19NOSSi/c1-13(2,3)7-10-6-4-5-8(10)9(11)12/h8H,4-7H2,1-3H3,(H,11,12). The monoisotopic (exact) mass is 217 g/mol. The largest absolute Gasteiger partial charge is 0.296 e. The van der Waals surface area contributed by atoms with Crippen molar-refractivity contribution in [2.75, 3.05) is 12.7 Å². The molecule has 1 rings (SSSR count). The third kappa shape index (κ3) is 3.44. The highest BCUT2D eigenvalue weighted by Crippen LogP contribution is 2.21. The molecule has 1 unspecified atom stereocenters. The van der Waals surface area contributed by atoms with E-state index in [0.717, 1.165) is 25.6 Å². The molecule has 0 N–H and O–H groups in total. The van der Waals surface area contributed by atoms with Gasteiger partial charge < -0.3 is 0 Å². The number of likely N-dealkylation sites (tertiary alicyclic amines) is 1. The third-order valence-electron chi connectivity index (χ3n) is 2.33. The van der Waals surface area contributed by atoms with Crippen molar-refractivity contribution in [3.8, 4) is 0 Å². The lowest BCUT2D eigenvalue weighted by molar-refractivity contribution is -0.114. The van der Waals surface area contributed by atoms with E-state index in [2.05, 4.69) is 37.2 Å². The summed E-state index contributed by atoms with van der Waals surface area (Å²) in [6.07, 6.45) is 3.29. The topological polar surface area (TPSA) is 20.3 Å². The van der Waals surface area contributed by atoms with Gasteiger partial charge in [-0.2, -0.15) is 0 Å². The lowest BCUT2D eigenvalue weighted by atomic mass is 10.2. The summed E-state index contributed by atoms with van der Waals surface area (Å²) in [5.41, 5.74) is 0. The van der Waals surface area contributed by atoms with Crippen LogP contribution in [0.25, 0.3) is 0 Å². The van der Waals surface area contributed by atoms with Crippen molar-refractivity contribution < 1.29 is 4.79 Å². The van der Waals surface area contributed by atoms with Gasteiger partial charge in [0.1, 0.15) is 0 Å². The van der Waals surface area contributed by atoms with Crippen LogP contribution in [0.3, 0.4) is 0 Å². The SMILES string of the molecule is C[Si](C)(C)CN1CCCC1C(=O)S. The average molecular weight is 217 g/mol. The number of thiol groups is 1. The fourth-order valence-corrected chi connectivity index (χ4v) is 3.79. The summed E-state index contributed by atoms with van der Waals surface area (Å²) in [6, 6.07) is 0.107. The van der Waals surface area contributed by atoms with Crippen molar-refractivity contribution in [2.45, 2.75) is 38.5 Å². The lowest BCUT2D eigenvalue weighted by Crippen LogP contribution is -2.44. The molecular weight excluding hydrogens is 198 g/mol. The molecule has 0 spiro atoms. The molecule has 0 aromatic carbocycles. The Morgan fingerprint density at radius 3 is 2.62 bits per heavy atom. The predicted octanol–water partition coefficient (Wildman–Crippen LogP) is 1.78. The van der Waals surface area contributed by atoms with Gasteiger partial charge >= 0.3 is 0 Å². The molecular formula is C9H19NOSSi. The molecule has 76 valence electrons. The van der Waals surface area contributed by atoms with Crippen LogP contribution in [0.1, 0.15) is 12.8 Å². The van der Waals surface area contributed by atoms with Crippen molar-refractivity contribution in [3.63, 3.8) is 0 Å². The minimum Gasteiger partial charge on any atom is -0.296 e. The second-order valence-electron chi connectivity index (χ2n) is 5.03. The molecule has 0 aromatic rings. The van der Waals surface area contributed by atoms with E-state index in [9.17, 15) is 4.79 Å². The highest BCUT2D eigenvalue weighted by Gasteiger charge is 2.31. The Kier molecular flexibility index (Phi) is 3.60. The first-order valence-corrected chi connectivity index (χ1v) is 9.02. The van der Waals surface area contributed by atoms with E-state index in [1.807, 2.05) is 0 Å². The zero-order valence-electron chi connectivity index (χ0n) is 8.71. The van der Waals surface area contributed by atoms with Gasteiger partial charge in [-0.25, -0.2) is 0 Å². The molecule has 0 bridgehead atoms. The Balaban J connectivity index is 2.54. The van der Waals surface area contributed by atoms with E-state index in [4.69, 9.17) is 0 Å². The van der Waals surface area contributed by atoms with Gasteiger partial charge in [-0.15, -0.1) is 12.6 Å². The molecule has 1 fully saturated rings. The smallest absolute Gasteiger partial charge is 0.203 e. The minimum atomic E-state index is -1.07. The normalized spacial score (nSPS) is 25.1. The van der Waals surface area contributed by atoms with E-state index in [0.29, 0.717) is 0 Å². The first kappa shape index (κ1) is 11.3. The number of hydrogen-bond acceptors (Lipinski definition) is 2. The fraction of sp³-hybridized carbons (Fsp3) is 0.889. The number of hydrogen-bond donors (Lipinski definition) is 1. The summed E-state index contributed by atoms with van der Waals surface area (Å²) in [6.45, 7) is 8.10. The Bertz CT molecular complexity index is 202. The zero-order chi connectivity index (χ0) is 10.1. The molecule has 0 amide bonds. The molecule has 1 aliphatic rings. The minimum absolute atomic E-state index is 0.0516. The Morgan fingerprint density at radius 1 is 1.54 bits per heavy atom. The molecule has 4 heteroatoms. The number of carbonyl (C=O) groups is 1. The van der Waals surface area contributed by atoms with Crippen molar-refractivity contribution in [2.24, 2.45) is 0 Å². The van der Waals surface area contributed by atoms with Gasteiger partial charge in [0.2, 0.25) is 5.12 Å². The van der Waals surface area contributed by atoms with E-state index in [1.54, 1.807) is 0 Å². The Labute approximate surface area is 87.1 Å². The Morgan fingerprint density at radius 2 is 2.15 bits per heavy atom. The van der Waals surface area contributed by atoms with Crippen molar-refractivity contribution >= 4 is 25.8 Å². The number of nitrogens with zero attached hydrogens (tertiary/aromatic N) is 1. The second kappa shape index (κ2) is 4.15. The van der Waals surface area contributed by atoms with Gasteiger partial charge in [0.05, 0.1) is 14.1 Å². The van der Waals surface area contributed by atoms with Crippen LogP contribution in [0.4, 0.5) is 0 Å². The molecule has 0 saturated carbocycles. The predicted molar refractivity (Wildman–Crippen MR) is 61.9 cm³/mol. The number of carbonyl (C=O) groups excluding carboxylic acids is 1. The van der Waals surface area contributed by atoms with E-state index in [1.165, 1.54) is 0 Å². The summed E-state index contributed by atoms with van der Waals surface area (Å²) in [5.74, 6) is 0. The van der Waals surface area contributed by atoms with Crippen molar-refractivity contribution in [1.82, 2.24) is 4.90 Å². The van der Waals surface area contributed by atoms with Crippen LogP contribution in [0, 0.1) is 0 Å². The maximum Gasteiger partial charge on any atom is 0.203 e. The van der Waals surface area contributed by atoms with Crippen LogP contribution in [0.2, 0.25) is 19.6 Å². The van der Waals surface area contributed by atoms with Gasteiger partial charge in [-0.1, -0.05) is 19.6 Å². The van der Waals surface area contributed by atoms with Crippen LogP contribution in [-0.4, -0.2) is 36.8 Å². The van der Waals surface area contributed by atoms with Crippen LogP contribution < -0.4 is 0 Å². The van der Waals surface area contributed by atoms with Crippen LogP contribution in [0.15, 0.2) is 0 Å². The molecule has 0 aromatic heterocycles. The van der Waals surface area contributed by atoms with Crippen LogP contribution in [-0.2, 0) is 4.79 Å². The highest BCUT2D eigenvalue weighted by atomic mass is 32.1. The maximum atomic E-state index is 11.2. The van der Waals surface area contributed by atoms with Gasteiger partial charge in [0, 0.05) is 0 Å². The maximum absolute atomic E-state index is 11.2. The van der Waals surface area contributed by atoms with Gasteiger partial charge in [0.25, 0.3) is 0 Å². The molecule has 1 atom stereocenters. The molecule has 2 nitrogen and oxygen atoms in total. The third-order valence-corrected chi connectivity index (χ3v) is 3.98. The van der Waals surface area contributed by atoms with Gasteiger partial charge in [-0.05, 0) is 25.6 Å². The Hall–Kier alpha value is 0.197. The fourth-order valence-electron chi connectivity index (χ4n) is 1.90. The molecule has 0 aliphatic carbocycles. The second-order valence-corrected chi connectivity index (χ2v) is 10.9. The molecule has 1 saturated heterocycles. The van der Waals surface area contributed by atoms with E-state index >= 15 is 0 Å². The summed E-state index contributed by atoms with van der Waals surface area (Å²) in [5, 5.41) is 0.0516. The van der Waals surface area contributed by atoms with Crippen LogP contribution >= 0.6 is 12.6 Å². The van der Waals surface area contributed by atoms with E-state index in [-0.39, 0.29) is 11.2 Å².